The molecule has 6 atom stereocenters. The maximum absolute atomic E-state index is 13.6. The van der Waals surface area contributed by atoms with Crippen LogP contribution in [0.4, 0.5) is 0 Å². The average Bonchev–Trinajstić information content (AvgIpc) is 3.08. The van der Waals surface area contributed by atoms with E-state index < -0.39 is 55.4 Å². The first kappa shape index (κ1) is 27.8. The lowest BCUT2D eigenvalue weighted by atomic mass is 10.0. The highest BCUT2D eigenvalue weighted by Gasteiger charge is 2.44. The van der Waals surface area contributed by atoms with Crippen molar-refractivity contribution in [2.75, 3.05) is 6.61 Å². The van der Waals surface area contributed by atoms with E-state index in [-0.39, 0.29) is 18.5 Å². The summed E-state index contributed by atoms with van der Waals surface area (Å²) in [5.41, 5.74) is -0.905. The van der Waals surface area contributed by atoms with Crippen molar-refractivity contribution >= 4 is 13.7 Å². The molecule has 1 unspecified atom stereocenters. The maximum atomic E-state index is 13.6. The number of hydrogen-bond acceptors (Lipinski definition) is 9. The van der Waals surface area contributed by atoms with Crippen molar-refractivity contribution in [2.45, 2.75) is 65.2 Å². The number of aromatic nitrogens is 2. The van der Waals surface area contributed by atoms with Gasteiger partial charge in [-0.3, -0.25) is 23.7 Å². The Balaban J connectivity index is 1.77. The fourth-order valence-electron chi connectivity index (χ4n) is 3.63. The summed E-state index contributed by atoms with van der Waals surface area (Å²) < 4.78 is 37.0. The molecule has 3 N–H and O–H groups in total. The lowest BCUT2D eigenvalue weighted by Crippen LogP contribution is -2.37. The van der Waals surface area contributed by atoms with Crippen LogP contribution in [0.3, 0.4) is 0 Å². The van der Waals surface area contributed by atoms with E-state index in [1.54, 1.807) is 58.0 Å². The Hall–Kier alpha value is -2.76. The first-order valence-corrected chi connectivity index (χ1v) is 13.1. The van der Waals surface area contributed by atoms with Crippen LogP contribution in [0.2, 0.25) is 0 Å². The Kier molecular flexibility index (Phi) is 8.91. The molecule has 0 bridgehead atoms. The monoisotopic (exact) mass is 525 g/mol. The van der Waals surface area contributed by atoms with Gasteiger partial charge in [0.2, 0.25) is 0 Å². The number of esters is 1. The number of aromatic amines is 1. The SMILES string of the molecule is Cc1cn([C@H]2O[C@@H](CO[P@@](=O)(N[C@@H](C)C(=O)OC(C)C)Oc3ccccc3)C(O)[C@H]2C)c(=O)[nH]c1=O. The second-order valence-electron chi connectivity index (χ2n) is 8.93. The molecular formula is C23H32N3O9P. The van der Waals surface area contributed by atoms with Gasteiger partial charge in [-0.2, -0.15) is 5.09 Å². The molecule has 198 valence electrons. The molecule has 2 aromatic rings. The number of ether oxygens (including phenoxy) is 2. The molecule has 3 rings (SSSR count). The third kappa shape index (κ3) is 6.71. The van der Waals surface area contributed by atoms with Crippen molar-refractivity contribution in [1.29, 1.82) is 0 Å². The zero-order valence-corrected chi connectivity index (χ0v) is 21.6. The Labute approximate surface area is 208 Å². The standard InChI is InChI=1S/C23H32N3O9P/c1-13(2)33-22(29)16(5)25-36(31,35-17-9-7-6-8-10-17)32-12-18-19(27)15(4)21(34-18)26-11-14(3)20(28)24-23(26)30/h6-11,13,15-16,18-19,21,27H,12H2,1-5H3,(H,25,31)(H,24,28,30)/t15-,16+,18+,19?,21+,36+/m1/s1. The topological polar surface area (TPSA) is 158 Å². The summed E-state index contributed by atoms with van der Waals surface area (Å²) in [4.78, 5) is 38.5. The number of nitrogens with zero attached hydrogens (tertiary/aromatic N) is 1. The van der Waals surface area contributed by atoms with Gasteiger partial charge in [-0.1, -0.05) is 25.1 Å². The molecule has 0 radical (unpaired) electrons. The Morgan fingerprint density at radius 1 is 1.25 bits per heavy atom. The van der Waals surface area contributed by atoms with Crippen LogP contribution in [0.5, 0.6) is 5.75 Å². The predicted molar refractivity (Wildman–Crippen MR) is 130 cm³/mol. The number of rotatable bonds is 10. The molecule has 0 spiro atoms. The first-order chi connectivity index (χ1) is 16.9. The van der Waals surface area contributed by atoms with E-state index in [1.165, 1.54) is 17.7 Å². The molecule has 0 amide bonds. The van der Waals surface area contributed by atoms with E-state index in [2.05, 4.69) is 10.1 Å². The number of aryl methyl sites for hydroxylation is 1. The van der Waals surface area contributed by atoms with E-state index in [4.69, 9.17) is 18.5 Å². The van der Waals surface area contributed by atoms with E-state index >= 15 is 0 Å². The zero-order valence-electron chi connectivity index (χ0n) is 20.7. The van der Waals surface area contributed by atoms with Gasteiger partial charge in [0.05, 0.1) is 18.8 Å². The Bertz CT molecular complexity index is 1210. The minimum atomic E-state index is -4.17. The lowest BCUT2D eigenvalue weighted by Gasteiger charge is -2.25. The molecule has 1 aliphatic rings. The Morgan fingerprint density at radius 3 is 2.56 bits per heavy atom. The lowest BCUT2D eigenvalue weighted by molar-refractivity contribution is -0.149. The summed E-state index contributed by atoms with van der Waals surface area (Å²) in [7, 11) is -4.17. The number of para-hydroxylation sites is 1. The molecule has 1 fully saturated rings. The van der Waals surface area contributed by atoms with Crippen molar-refractivity contribution < 1.29 is 33.0 Å². The normalized spacial score (nSPS) is 24.3. The summed E-state index contributed by atoms with van der Waals surface area (Å²) in [6.07, 6.45) is -2.01. The molecule has 2 heterocycles. The maximum Gasteiger partial charge on any atom is 0.459 e. The third-order valence-corrected chi connectivity index (χ3v) is 7.18. The summed E-state index contributed by atoms with van der Waals surface area (Å²) in [5.74, 6) is -0.986. The fraction of sp³-hybridized carbons (Fsp3) is 0.522. The predicted octanol–water partition coefficient (Wildman–Crippen LogP) is 1.87. The molecule has 0 aliphatic carbocycles. The molecule has 1 aromatic carbocycles. The van der Waals surface area contributed by atoms with Crippen LogP contribution in [0.15, 0.2) is 46.1 Å². The van der Waals surface area contributed by atoms with Gasteiger partial charge >= 0.3 is 19.4 Å². The van der Waals surface area contributed by atoms with Gasteiger partial charge in [0.1, 0.15) is 24.1 Å². The quantitative estimate of drug-likeness (QED) is 0.309. The molecule has 1 aliphatic heterocycles. The van der Waals surface area contributed by atoms with Gasteiger partial charge in [0.25, 0.3) is 5.56 Å². The summed E-state index contributed by atoms with van der Waals surface area (Å²) in [6.45, 7) is 7.66. The van der Waals surface area contributed by atoms with Gasteiger partial charge in [0.15, 0.2) is 0 Å². The van der Waals surface area contributed by atoms with E-state index in [1.807, 2.05) is 0 Å². The average molecular weight is 525 g/mol. The second kappa shape index (κ2) is 11.5. The van der Waals surface area contributed by atoms with E-state index in [9.17, 15) is 24.1 Å². The number of H-pyrrole nitrogens is 1. The molecule has 1 aromatic heterocycles. The van der Waals surface area contributed by atoms with Crippen LogP contribution in [-0.4, -0.2) is 51.6 Å². The van der Waals surface area contributed by atoms with Gasteiger partial charge < -0.3 is 19.1 Å². The number of hydrogen-bond donors (Lipinski definition) is 3. The van der Waals surface area contributed by atoms with Crippen molar-refractivity contribution in [1.82, 2.24) is 14.6 Å². The second-order valence-corrected chi connectivity index (χ2v) is 10.6. The van der Waals surface area contributed by atoms with Gasteiger partial charge in [-0.05, 0) is 39.8 Å². The highest BCUT2D eigenvalue weighted by atomic mass is 31.2. The number of nitrogens with one attached hydrogen (secondary N) is 2. The molecule has 12 nitrogen and oxygen atoms in total. The minimum absolute atomic E-state index is 0.229. The van der Waals surface area contributed by atoms with Crippen molar-refractivity contribution in [3.05, 3.63) is 62.9 Å². The van der Waals surface area contributed by atoms with Gasteiger partial charge in [-0.25, -0.2) is 9.36 Å². The fourth-order valence-corrected chi connectivity index (χ4v) is 5.13. The summed E-state index contributed by atoms with van der Waals surface area (Å²) in [5, 5.41) is 13.3. The molecule has 1 saturated heterocycles. The van der Waals surface area contributed by atoms with Crippen LogP contribution >= 0.6 is 7.75 Å². The number of benzene rings is 1. The van der Waals surface area contributed by atoms with Crippen LogP contribution in [-0.2, 0) is 23.4 Å². The number of carbonyl (C=O) groups is 1. The zero-order chi connectivity index (χ0) is 26.6. The molecule has 0 saturated carbocycles. The first-order valence-electron chi connectivity index (χ1n) is 11.5. The number of aliphatic hydroxyl groups is 1. The Morgan fingerprint density at radius 2 is 1.92 bits per heavy atom. The minimum Gasteiger partial charge on any atom is -0.462 e. The van der Waals surface area contributed by atoms with Crippen molar-refractivity contribution in [3.8, 4) is 5.75 Å². The van der Waals surface area contributed by atoms with Gasteiger partial charge in [0, 0.05) is 17.7 Å². The number of aliphatic hydroxyl groups excluding tert-OH is 1. The van der Waals surface area contributed by atoms with Crippen LogP contribution < -0.4 is 20.9 Å². The van der Waals surface area contributed by atoms with E-state index in [0.29, 0.717) is 5.56 Å². The highest BCUT2D eigenvalue weighted by molar-refractivity contribution is 7.52. The third-order valence-electron chi connectivity index (χ3n) is 5.54. The largest absolute Gasteiger partial charge is 0.462 e. The van der Waals surface area contributed by atoms with Gasteiger partial charge in [-0.15, -0.1) is 0 Å². The van der Waals surface area contributed by atoms with Crippen molar-refractivity contribution in [3.63, 3.8) is 0 Å². The van der Waals surface area contributed by atoms with Crippen LogP contribution in [0.1, 0.15) is 39.5 Å². The van der Waals surface area contributed by atoms with E-state index in [0.717, 1.165) is 0 Å². The summed E-state index contributed by atoms with van der Waals surface area (Å²) in [6, 6.07) is 7.20. The van der Waals surface area contributed by atoms with Crippen LogP contribution in [0.25, 0.3) is 0 Å². The van der Waals surface area contributed by atoms with Crippen molar-refractivity contribution in [2.24, 2.45) is 5.92 Å². The van der Waals surface area contributed by atoms with Crippen LogP contribution in [0, 0.1) is 12.8 Å². The summed E-state index contributed by atoms with van der Waals surface area (Å²) >= 11 is 0. The highest BCUT2D eigenvalue weighted by Crippen LogP contribution is 2.46. The molecule has 13 heteroatoms. The molecular weight excluding hydrogens is 493 g/mol. The molecule has 36 heavy (non-hydrogen) atoms. The smallest absolute Gasteiger partial charge is 0.459 e. The number of carbonyl (C=O) groups excluding carboxylic acids is 1.